The third-order valence-corrected chi connectivity index (χ3v) is 3.46. The normalized spacial score (nSPS) is 10.5. The molecule has 0 aliphatic rings. The second kappa shape index (κ2) is 6.83. The van der Waals surface area contributed by atoms with Crippen molar-refractivity contribution < 1.29 is 9.32 Å². The number of carbonyl (C=O) groups excluding carboxylic acids is 1. The molecule has 6 nitrogen and oxygen atoms in total. The molecule has 116 valence electrons. The molecule has 1 amide bonds. The fourth-order valence-corrected chi connectivity index (χ4v) is 2.29. The number of nitrogens with one attached hydrogen (secondary N) is 1. The Balaban J connectivity index is 1.71. The van der Waals surface area contributed by atoms with Crippen LogP contribution in [-0.4, -0.2) is 27.6 Å². The topological polar surface area (TPSA) is 80.9 Å². The minimum atomic E-state index is -0.198. The molecule has 3 aromatic heterocycles. The number of rotatable bonds is 5. The first kappa shape index (κ1) is 14.9. The molecule has 0 saturated heterocycles. The van der Waals surface area contributed by atoms with Crippen LogP contribution in [0.4, 0.5) is 0 Å². The van der Waals surface area contributed by atoms with E-state index in [1.54, 1.807) is 37.8 Å². The molecule has 0 unspecified atom stereocenters. The Bertz CT molecular complexity index is 785. The Morgan fingerprint density at radius 3 is 2.74 bits per heavy atom. The van der Waals surface area contributed by atoms with Crippen LogP contribution in [0.5, 0.6) is 0 Å². The van der Waals surface area contributed by atoms with Crippen molar-refractivity contribution in [3.8, 4) is 11.3 Å². The summed E-state index contributed by atoms with van der Waals surface area (Å²) in [6, 6.07) is 7.48. The molecule has 0 spiro atoms. The average molecular weight is 308 g/mol. The lowest BCUT2D eigenvalue weighted by atomic mass is 10.1. The molecular formula is C17H16N4O2. The van der Waals surface area contributed by atoms with E-state index >= 15 is 0 Å². The molecule has 0 radical (unpaired) electrons. The largest absolute Gasteiger partial charge is 0.355 e. The van der Waals surface area contributed by atoms with Gasteiger partial charge in [0.05, 0.1) is 5.69 Å². The number of hydrogen-bond acceptors (Lipinski definition) is 5. The van der Waals surface area contributed by atoms with Crippen LogP contribution in [0.15, 0.2) is 53.6 Å². The summed E-state index contributed by atoms with van der Waals surface area (Å²) in [5.74, 6) is 0.244. The highest BCUT2D eigenvalue weighted by molar-refractivity contribution is 6.00. The monoisotopic (exact) mass is 308 g/mol. The number of amides is 1. The molecule has 0 fully saturated rings. The Morgan fingerprint density at radius 2 is 2.00 bits per heavy atom. The maximum atomic E-state index is 12.5. The fraction of sp³-hybridized carbons (Fsp3) is 0.176. The summed E-state index contributed by atoms with van der Waals surface area (Å²) < 4.78 is 5.31. The van der Waals surface area contributed by atoms with Crippen molar-refractivity contribution in [1.29, 1.82) is 0 Å². The number of aryl methyl sites for hydroxylation is 1. The summed E-state index contributed by atoms with van der Waals surface area (Å²) in [4.78, 5) is 20.5. The van der Waals surface area contributed by atoms with Crippen molar-refractivity contribution in [2.45, 2.75) is 13.3 Å². The number of carbonyl (C=O) groups is 1. The third-order valence-electron chi connectivity index (χ3n) is 3.46. The molecule has 0 saturated carbocycles. The summed E-state index contributed by atoms with van der Waals surface area (Å²) in [6.07, 6.45) is 7.53. The molecule has 3 rings (SSSR count). The lowest BCUT2D eigenvalue weighted by Crippen LogP contribution is -2.26. The highest BCUT2D eigenvalue weighted by atomic mass is 16.5. The highest BCUT2D eigenvalue weighted by Gasteiger charge is 2.21. The molecule has 0 aliphatic carbocycles. The van der Waals surface area contributed by atoms with Crippen molar-refractivity contribution in [2.75, 3.05) is 6.54 Å². The maximum Gasteiger partial charge on any atom is 0.257 e. The van der Waals surface area contributed by atoms with E-state index in [0.717, 1.165) is 17.5 Å². The molecule has 0 atom stereocenters. The van der Waals surface area contributed by atoms with Gasteiger partial charge in [-0.15, -0.1) is 0 Å². The van der Waals surface area contributed by atoms with Crippen LogP contribution in [0.3, 0.4) is 0 Å². The predicted octanol–water partition coefficient (Wildman–Crippen LogP) is 2.41. The van der Waals surface area contributed by atoms with Gasteiger partial charge in [-0.1, -0.05) is 5.16 Å². The Kier molecular flexibility index (Phi) is 4.42. The van der Waals surface area contributed by atoms with E-state index in [2.05, 4.69) is 20.4 Å². The van der Waals surface area contributed by atoms with Gasteiger partial charge in [-0.3, -0.25) is 14.8 Å². The van der Waals surface area contributed by atoms with Crippen molar-refractivity contribution in [3.05, 3.63) is 65.9 Å². The van der Waals surface area contributed by atoms with Crippen LogP contribution in [-0.2, 0) is 6.42 Å². The van der Waals surface area contributed by atoms with Crippen molar-refractivity contribution >= 4 is 5.91 Å². The number of hydrogen-bond donors (Lipinski definition) is 1. The molecule has 3 heterocycles. The van der Waals surface area contributed by atoms with E-state index in [-0.39, 0.29) is 5.91 Å². The summed E-state index contributed by atoms with van der Waals surface area (Å²) in [7, 11) is 0. The van der Waals surface area contributed by atoms with E-state index in [1.807, 2.05) is 18.2 Å². The lowest BCUT2D eigenvalue weighted by molar-refractivity contribution is 0.0954. The van der Waals surface area contributed by atoms with Crippen LogP contribution in [0.25, 0.3) is 11.3 Å². The van der Waals surface area contributed by atoms with Gasteiger partial charge in [-0.2, -0.15) is 0 Å². The van der Waals surface area contributed by atoms with Crippen LogP contribution in [0.2, 0.25) is 0 Å². The number of aromatic nitrogens is 3. The summed E-state index contributed by atoms with van der Waals surface area (Å²) >= 11 is 0. The predicted molar refractivity (Wildman–Crippen MR) is 84.7 cm³/mol. The smallest absolute Gasteiger partial charge is 0.257 e. The van der Waals surface area contributed by atoms with Gasteiger partial charge in [0.2, 0.25) is 0 Å². The fourth-order valence-electron chi connectivity index (χ4n) is 2.29. The molecular weight excluding hydrogens is 292 g/mol. The number of pyridine rings is 2. The van der Waals surface area contributed by atoms with E-state index in [4.69, 9.17) is 4.52 Å². The zero-order chi connectivity index (χ0) is 16.1. The first-order valence-electron chi connectivity index (χ1n) is 7.29. The van der Waals surface area contributed by atoms with Crippen LogP contribution in [0, 0.1) is 6.92 Å². The van der Waals surface area contributed by atoms with E-state index in [9.17, 15) is 4.79 Å². The van der Waals surface area contributed by atoms with Gasteiger partial charge in [0, 0.05) is 36.9 Å². The molecule has 0 aliphatic heterocycles. The van der Waals surface area contributed by atoms with Gasteiger partial charge in [-0.25, -0.2) is 0 Å². The van der Waals surface area contributed by atoms with Gasteiger partial charge in [0.1, 0.15) is 5.56 Å². The van der Waals surface area contributed by atoms with Gasteiger partial charge < -0.3 is 9.84 Å². The molecule has 0 bridgehead atoms. The van der Waals surface area contributed by atoms with E-state index in [1.165, 1.54) is 0 Å². The third kappa shape index (κ3) is 3.42. The Labute approximate surface area is 133 Å². The second-order valence-corrected chi connectivity index (χ2v) is 5.08. The van der Waals surface area contributed by atoms with Crippen molar-refractivity contribution in [3.63, 3.8) is 0 Å². The van der Waals surface area contributed by atoms with Crippen molar-refractivity contribution in [2.24, 2.45) is 0 Å². The SMILES string of the molecule is Cc1noc(-c2cccnc2)c1C(=O)NCCc1ccncc1. The summed E-state index contributed by atoms with van der Waals surface area (Å²) in [5, 5.41) is 6.81. The minimum Gasteiger partial charge on any atom is -0.355 e. The lowest BCUT2D eigenvalue weighted by Gasteiger charge is -2.06. The maximum absolute atomic E-state index is 12.5. The first-order chi connectivity index (χ1) is 11.3. The first-order valence-corrected chi connectivity index (χ1v) is 7.29. The Hall–Kier alpha value is -3.02. The van der Waals surface area contributed by atoms with Crippen molar-refractivity contribution in [1.82, 2.24) is 20.4 Å². The molecule has 1 N–H and O–H groups in total. The zero-order valence-corrected chi connectivity index (χ0v) is 12.7. The minimum absolute atomic E-state index is 0.198. The van der Waals surface area contributed by atoms with E-state index < -0.39 is 0 Å². The standard InChI is InChI=1S/C17H16N4O2/c1-12-15(16(23-21-12)14-3-2-7-19-11-14)17(22)20-10-6-13-4-8-18-9-5-13/h2-5,7-9,11H,6,10H2,1H3,(H,20,22). The molecule has 6 heteroatoms. The Morgan fingerprint density at radius 1 is 1.17 bits per heavy atom. The molecule has 3 aromatic rings. The zero-order valence-electron chi connectivity index (χ0n) is 12.7. The highest BCUT2D eigenvalue weighted by Crippen LogP contribution is 2.25. The summed E-state index contributed by atoms with van der Waals surface area (Å²) in [6.45, 7) is 2.28. The molecule has 0 aromatic carbocycles. The van der Waals surface area contributed by atoms with Gasteiger partial charge in [0.25, 0.3) is 5.91 Å². The quantitative estimate of drug-likeness (QED) is 0.783. The average Bonchev–Trinajstić information content (AvgIpc) is 2.98. The van der Waals surface area contributed by atoms with Gasteiger partial charge in [0.15, 0.2) is 5.76 Å². The van der Waals surface area contributed by atoms with E-state index in [0.29, 0.717) is 23.6 Å². The summed E-state index contributed by atoms with van der Waals surface area (Å²) in [5.41, 5.74) is 2.86. The van der Waals surface area contributed by atoms with Gasteiger partial charge >= 0.3 is 0 Å². The van der Waals surface area contributed by atoms with Gasteiger partial charge in [-0.05, 0) is 43.2 Å². The van der Waals surface area contributed by atoms with Crippen LogP contribution >= 0.6 is 0 Å². The van der Waals surface area contributed by atoms with Crippen LogP contribution in [0.1, 0.15) is 21.6 Å². The molecule has 23 heavy (non-hydrogen) atoms. The number of nitrogens with zero attached hydrogens (tertiary/aromatic N) is 3. The second-order valence-electron chi connectivity index (χ2n) is 5.08. The van der Waals surface area contributed by atoms with Crippen LogP contribution < -0.4 is 5.32 Å².